The minimum absolute atomic E-state index is 0.00463. The predicted octanol–water partition coefficient (Wildman–Crippen LogP) is 5.15. The topological polar surface area (TPSA) is 20.3 Å². The second kappa shape index (κ2) is 6.49. The molecule has 3 heteroatoms. The lowest BCUT2D eigenvalue weighted by Gasteiger charge is -2.37. The SMILES string of the molecule is Cc1ccc(C(=O)N2CCc3sccc3C2c2ccccc2C)cc1. The van der Waals surface area contributed by atoms with Crippen molar-refractivity contribution in [1.29, 1.82) is 0 Å². The smallest absolute Gasteiger partial charge is 0.254 e. The fraction of sp³-hybridized carbons (Fsp3) is 0.227. The fourth-order valence-corrected chi connectivity index (χ4v) is 4.53. The lowest BCUT2D eigenvalue weighted by atomic mass is 9.90. The van der Waals surface area contributed by atoms with Crippen molar-refractivity contribution in [2.45, 2.75) is 26.3 Å². The van der Waals surface area contributed by atoms with Gasteiger partial charge in [0.25, 0.3) is 5.91 Å². The number of amides is 1. The second-order valence-corrected chi connectivity index (χ2v) is 7.67. The normalized spacial score (nSPS) is 16.6. The molecular weight excluding hydrogens is 326 g/mol. The van der Waals surface area contributed by atoms with Crippen molar-refractivity contribution in [3.8, 4) is 0 Å². The van der Waals surface area contributed by atoms with Gasteiger partial charge < -0.3 is 4.90 Å². The maximum Gasteiger partial charge on any atom is 0.254 e. The van der Waals surface area contributed by atoms with E-state index in [0.29, 0.717) is 0 Å². The summed E-state index contributed by atoms with van der Waals surface area (Å²) in [5.41, 5.74) is 5.68. The molecule has 0 saturated carbocycles. The molecule has 0 bridgehead atoms. The van der Waals surface area contributed by atoms with Crippen molar-refractivity contribution in [3.63, 3.8) is 0 Å². The van der Waals surface area contributed by atoms with Crippen molar-refractivity contribution < 1.29 is 4.79 Å². The first-order chi connectivity index (χ1) is 12.1. The maximum absolute atomic E-state index is 13.3. The monoisotopic (exact) mass is 347 g/mol. The zero-order valence-corrected chi connectivity index (χ0v) is 15.3. The Morgan fingerprint density at radius 3 is 2.52 bits per heavy atom. The van der Waals surface area contributed by atoms with Gasteiger partial charge in [-0.15, -0.1) is 11.3 Å². The first-order valence-electron chi connectivity index (χ1n) is 8.64. The summed E-state index contributed by atoms with van der Waals surface area (Å²) in [6.45, 7) is 4.94. The quantitative estimate of drug-likeness (QED) is 0.627. The number of thiophene rings is 1. The summed E-state index contributed by atoms with van der Waals surface area (Å²) in [6.07, 6.45) is 0.937. The molecule has 1 aliphatic rings. The highest BCUT2D eigenvalue weighted by Gasteiger charge is 2.33. The zero-order valence-electron chi connectivity index (χ0n) is 14.5. The van der Waals surface area contributed by atoms with Crippen LogP contribution in [-0.2, 0) is 6.42 Å². The Bertz CT molecular complexity index is 910. The minimum atomic E-state index is 0.00463. The van der Waals surface area contributed by atoms with Crippen molar-refractivity contribution in [1.82, 2.24) is 4.90 Å². The number of aryl methyl sites for hydroxylation is 2. The first-order valence-corrected chi connectivity index (χ1v) is 9.52. The second-order valence-electron chi connectivity index (χ2n) is 6.67. The number of hydrogen-bond acceptors (Lipinski definition) is 2. The molecule has 25 heavy (non-hydrogen) atoms. The average Bonchev–Trinajstić information content (AvgIpc) is 3.10. The molecule has 1 atom stereocenters. The lowest BCUT2D eigenvalue weighted by Crippen LogP contribution is -2.40. The van der Waals surface area contributed by atoms with Gasteiger partial charge in [0.05, 0.1) is 6.04 Å². The van der Waals surface area contributed by atoms with Gasteiger partial charge in [-0.2, -0.15) is 0 Å². The number of carbonyl (C=O) groups excluding carboxylic acids is 1. The number of rotatable bonds is 2. The van der Waals surface area contributed by atoms with E-state index in [-0.39, 0.29) is 11.9 Å². The summed E-state index contributed by atoms with van der Waals surface area (Å²) in [6, 6.07) is 18.5. The first kappa shape index (κ1) is 16.1. The van der Waals surface area contributed by atoms with Gasteiger partial charge in [-0.3, -0.25) is 4.79 Å². The van der Waals surface area contributed by atoms with Crippen LogP contribution in [-0.4, -0.2) is 17.4 Å². The van der Waals surface area contributed by atoms with Gasteiger partial charge in [-0.25, -0.2) is 0 Å². The zero-order chi connectivity index (χ0) is 17.4. The number of nitrogens with zero attached hydrogens (tertiary/aromatic N) is 1. The molecule has 1 unspecified atom stereocenters. The van der Waals surface area contributed by atoms with Crippen LogP contribution in [0.1, 0.15) is 43.5 Å². The average molecular weight is 347 g/mol. The van der Waals surface area contributed by atoms with E-state index in [1.165, 1.54) is 27.1 Å². The molecule has 3 aromatic rings. The third-order valence-corrected chi connectivity index (χ3v) is 6.00. The number of benzene rings is 2. The number of fused-ring (bicyclic) bond motifs is 1. The molecule has 0 saturated heterocycles. The summed E-state index contributed by atoms with van der Waals surface area (Å²) >= 11 is 1.80. The molecule has 0 aliphatic carbocycles. The highest BCUT2D eigenvalue weighted by Crippen LogP contribution is 2.39. The van der Waals surface area contributed by atoms with E-state index in [1.54, 1.807) is 11.3 Å². The Morgan fingerprint density at radius 2 is 1.76 bits per heavy atom. The Morgan fingerprint density at radius 1 is 1.00 bits per heavy atom. The van der Waals surface area contributed by atoms with Gasteiger partial charge in [-0.05, 0) is 60.5 Å². The highest BCUT2D eigenvalue weighted by molar-refractivity contribution is 7.10. The number of carbonyl (C=O) groups is 1. The van der Waals surface area contributed by atoms with E-state index in [2.05, 4.69) is 42.6 Å². The number of hydrogen-bond donors (Lipinski definition) is 0. The van der Waals surface area contributed by atoms with Gasteiger partial charge in [-0.1, -0.05) is 42.0 Å². The van der Waals surface area contributed by atoms with E-state index in [1.807, 2.05) is 36.1 Å². The molecule has 0 radical (unpaired) electrons. The Kier molecular flexibility index (Phi) is 4.18. The summed E-state index contributed by atoms with van der Waals surface area (Å²) in [5, 5.41) is 2.15. The standard InChI is InChI=1S/C22H21NOS/c1-15-7-9-17(10-8-15)22(24)23-13-11-20-19(12-14-25-20)21(23)18-6-4-3-5-16(18)2/h3-10,12,14,21H,11,13H2,1-2H3. The van der Waals surface area contributed by atoms with Gasteiger partial charge in [0.15, 0.2) is 0 Å². The van der Waals surface area contributed by atoms with Crippen molar-refractivity contribution in [2.24, 2.45) is 0 Å². The van der Waals surface area contributed by atoms with E-state index in [4.69, 9.17) is 0 Å². The predicted molar refractivity (Wildman–Crippen MR) is 103 cm³/mol. The third kappa shape index (κ3) is 2.89. The van der Waals surface area contributed by atoms with E-state index >= 15 is 0 Å². The molecule has 0 spiro atoms. The van der Waals surface area contributed by atoms with Gasteiger partial charge in [0.1, 0.15) is 0 Å². The molecule has 126 valence electrons. The van der Waals surface area contributed by atoms with Gasteiger partial charge in [0.2, 0.25) is 0 Å². The van der Waals surface area contributed by atoms with E-state index in [0.717, 1.165) is 18.5 Å². The van der Waals surface area contributed by atoms with Gasteiger partial charge >= 0.3 is 0 Å². The molecule has 2 heterocycles. The summed E-state index contributed by atoms with van der Waals surface area (Å²) < 4.78 is 0. The Hall–Kier alpha value is -2.39. The van der Waals surface area contributed by atoms with E-state index in [9.17, 15) is 4.79 Å². The van der Waals surface area contributed by atoms with Crippen molar-refractivity contribution >= 4 is 17.2 Å². The molecule has 0 N–H and O–H groups in total. The molecular formula is C22H21NOS. The lowest BCUT2D eigenvalue weighted by molar-refractivity contribution is 0.0696. The maximum atomic E-state index is 13.3. The van der Waals surface area contributed by atoms with Crippen LogP contribution in [0.3, 0.4) is 0 Å². The van der Waals surface area contributed by atoms with Crippen LogP contribution in [0, 0.1) is 13.8 Å². The highest BCUT2D eigenvalue weighted by atomic mass is 32.1. The third-order valence-electron chi connectivity index (χ3n) is 5.01. The van der Waals surface area contributed by atoms with E-state index < -0.39 is 0 Å². The van der Waals surface area contributed by atoms with Crippen LogP contribution in [0.2, 0.25) is 0 Å². The molecule has 1 amide bonds. The molecule has 4 rings (SSSR count). The van der Waals surface area contributed by atoms with Crippen LogP contribution < -0.4 is 0 Å². The van der Waals surface area contributed by atoms with Crippen LogP contribution >= 0.6 is 11.3 Å². The fourth-order valence-electron chi connectivity index (χ4n) is 3.63. The van der Waals surface area contributed by atoms with Gasteiger partial charge in [0, 0.05) is 17.0 Å². The minimum Gasteiger partial charge on any atom is -0.327 e. The summed E-state index contributed by atoms with van der Waals surface area (Å²) in [7, 11) is 0. The van der Waals surface area contributed by atoms with Crippen molar-refractivity contribution in [3.05, 3.63) is 92.7 Å². The largest absolute Gasteiger partial charge is 0.327 e. The van der Waals surface area contributed by atoms with Crippen LogP contribution in [0.4, 0.5) is 0 Å². The molecule has 0 fully saturated rings. The Balaban J connectivity index is 1.79. The molecule has 1 aliphatic heterocycles. The van der Waals surface area contributed by atoms with Crippen LogP contribution in [0.5, 0.6) is 0 Å². The summed E-state index contributed by atoms with van der Waals surface area (Å²) in [5.74, 6) is 0.116. The van der Waals surface area contributed by atoms with Crippen LogP contribution in [0.25, 0.3) is 0 Å². The van der Waals surface area contributed by atoms with Crippen LogP contribution in [0.15, 0.2) is 60.0 Å². The van der Waals surface area contributed by atoms with Crippen molar-refractivity contribution in [2.75, 3.05) is 6.54 Å². The molecule has 1 aromatic heterocycles. The summed E-state index contributed by atoms with van der Waals surface area (Å²) in [4.78, 5) is 16.7. The molecule has 2 nitrogen and oxygen atoms in total. The molecule has 2 aromatic carbocycles. The Labute approximate surface area is 152 Å².